The molecule has 1 aliphatic rings. The summed E-state index contributed by atoms with van der Waals surface area (Å²) in [5, 5.41) is 17.5. The van der Waals surface area contributed by atoms with E-state index in [-0.39, 0.29) is 6.61 Å². The molecular weight excluding hydrogens is 228 g/mol. The molecule has 5 nitrogen and oxygen atoms in total. The third-order valence-electron chi connectivity index (χ3n) is 3.54. The Morgan fingerprint density at radius 2 is 2.28 bits per heavy atom. The van der Waals surface area contributed by atoms with Crippen molar-refractivity contribution < 1.29 is 5.11 Å². The van der Waals surface area contributed by atoms with Crippen molar-refractivity contribution in [3.63, 3.8) is 0 Å². The second kappa shape index (κ2) is 6.11. The summed E-state index contributed by atoms with van der Waals surface area (Å²) in [6.45, 7) is 2.97. The SMILES string of the molecule is CN1CCCC(c2ccc(N(C)CCO)nn2)C1. The van der Waals surface area contributed by atoms with Gasteiger partial charge < -0.3 is 14.9 Å². The van der Waals surface area contributed by atoms with Gasteiger partial charge in [0, 0.05) is 26.1 Å². The van der Waals surface area contributed by atoms with Crippen LogP contribution >= 0.6 is 0 Å². The lowest BCUT2D eigenvalue weighted by atomic mass is 9.95. The summed E-state index contributed by atoms with van der Waals surface area (Å²) >= 11 is 0. The number of aliphatic hydroxyl groups excluding tert-OH is 1. The molecule has 2 rings (SSSR count). The van der Waals surface area contributed by atoms with Crippen molar-refractivity contribution in [1.29, 1.82) is 0 Å². The minimum absolute atomic E-state index is 0.132. The van der Waals surface area contributed by atoms with E-state index in [0.29, 0.717) is 12.5 Å². The summed E-state index contributed by atoms with van der Waals surface area (Å²) < 4.78 is 0. The molecule has 5 heteroatoms. The van der Waals surface area contributed by atoms with Gasteiger partial charge in [-0.3, -0.25) is 0 Å². The third-order valence-corrected chi connectivity index (χ3v) is 3.54. The Morgan fingerprint density at radius 3 is 2.89 bits per heavy atom. The summed E-state index contributed by atoms with van der Waals surface area (Å²) in [4.78, 5) is 4.26. The Balaban J connectivity index is 2.02. The first-order valence-corrected chi connectivity index (χ1v) is 6.55. The van der Waals surface area contributed by atoms with Crippen LogP contribution in [0.2, 0.25) is 0 Å². The maximum absolute atomic E-state index is 8.89. The molecule has 0 aliphatic carbocycles. The Hall–Kier alpha value is -1.20. The summed E-state index contributed by atoms with van der Waals surface area (Å²) in [5.41, 5.74) is 1.09. The van der Waals surface area contributed by atoms with Crippen molar-refractivity contribution in [1.82, 2.24) is 15.1 Å². The molecule has 0 amide bonds. The Morgan fingerprint density at radius 1 is 1.44 bits per heavy atom. The van der Waals surface area contributed by atoms with Crippen LogP contribution in [-0.4, -0.2) is 60.5 Å². The van der Waals surface area contributed by atoms with Crippen LogP contribution in [0.3, 0.4) is 0 Å². The van der Waals surface area contributed by atoms with Crippen LogP contribution in [0, 0.1) is 0 Å². The second-order valence-corrected chi connectivity index (χ2v) is 5.06. The minimum Gasteiger partial charge on any atom is -0.395 e. The lowest BCUT2D eigenvalue weighted by molar-refractivity contribution is 0.248. The standard InChI is InChI=1S/C13H22N4O/c1-16-7-3-4-11(10-16)12-5-6-13(15-14-12)17(2)8-9-18/h5-6,11,18H,3-4,7-10H2,1-2H3. The summed E-state index contributed by atoms with van der Waals surface area (Å²) in [6.07, 6.45) is 2.43. The van der Waals surface area contributed by atoms with E-state index in [1.165, 1.54) is 19.4 Å². The normalized spacial score (nSPS) is 20.9. The van der Waals surface area contributed by atoms with Crippen molar-refractivity contribution in [3.8, 4) is 0 Å². The molecule has 1 aromatic rings. The Kier molecular flexibility index (Phi) is 4.49. The molecule has 1 atom stereocenters. The summed E-state index contributed by atoms with van der Waals surface area (Å²) in [7, 11) is 4.07. The Bertz CT molecular complexity index is 368. The van der Waals surface area contributed by atoms with E-state index >= 15 is 0 Å². The van der Waals surface area contributed by atoms with Crippen LogP contribution in [0.1, 0.15) is 24.5 Å². The van der Waals surface area contributed by atoms with Crippen molar-refractivity contribution in [2.45, 2.75) is 18.8 Å². The monoisotopic (exact) mass is 250 g/mol. The number of aliphatic hydroxyl groups is 1. The fourth-order valence-electron chi connectivity index (χ4n) is 2.43. The van der Waals surface area contributed by atoms with Crippen molar-refractivity contribution in [2.75, 3.05) is 45.2 Å². The van der Waals surface area contributed by atoms with Crippen molar-refractivity contribution in [2.24, 2.45) is 0 Å². The smallest absolute Gasteiger partial charge is 0.151 e. The van der Waals surface area contributed by atoms with Gasteiger partial charge in [-0.25, -0.2) is 0 Å². The molecule has 1 saturated heterocycles. The molecule has 18 heavy (non-hydrogen) atoms. The van der Waals surface area contributed by atoms with Gasteiger partial charge in [-0.1, -0.05) is 0 Å². The van der Waals surface area contributed by atoms with E-state index in [2.05, 4.69) is 28.2 Å². The lowest BCUT2D eigenvalue weighted by Gasteiger charge is -2.29. The summed E-state index contributed by atoms with van der Waals surface area (Å²) in [6, 6.07) is 4.06. The number of rotatable bonds is 4. The molecule has 1 aliphatic heterocycles. The van der Waals surface area contributed by atoms with Gasteiger partial charge in [0.05, 0.1) is 12.3 Å². The minimum atomic E-state index is 0.132. The molecule has 0 radical (unpaired) electrons. The zero-order valence-corrected chi connectivity index (χ0v) is 11.2. The number of hydrogen-bond acceptors (Lipinski definition) is 5. The molecule has 1 unspecified atom stereocenters. The number of nitrogens with zero attached hydrogens (tertiary/aromatic N) is 4. The fraction of sp³-hybridized carbons (Fsp3) is 0.692. The van der Waals surface area contributed by atoms with E-state index in [4.69, 9.17) is 5.11 Å². The van der Waals surface area contributed by atoms with Gasteiger partial charge in [0.2, 0.25) is 0 Å². The first-order chi connectivity index (χ1) is 8.70. The van der Waals surface area contributed by atoms with E-state index < -0.39 is 0 Å². The van der Waals surface area contributed by atoms with Crippen LogP contribution in [0.25, 0.3) is 0 Å². The van der Waals surface area contributed by atoms with E-state index in [1.807, 2.05) is 18.0 Å². The van der Waals surface area contributed by atoms with Gasteiger partial charge >= 0.3 is 0 Å². The molecule has 1 N–H and O–H groups in total. The molecular formula is C13H22N4O. The molecule has 100 valence electrons. The topological polar surface area (TPSA) is 52.5 Å². The quantitative estimate of drug-likeness (QED) is 0.853. The fourth-order valence-corrected chi connectivity index (χ4v) is 2.43. The van der Waals surface area contributed by atoms with Gasteiger partial charge in [0.15, 0.2) is 5.82 Å². The number of likely N-dealkylation sites (N-methyl/N-ethyl adjacent to an activating group) is 2. The average molecular weight is 250 g/mol. The maximum Gasteiger partial charge on any atom is 0.151 e. The molecule has 0 bridgehead atoms. The zero-order chi connectivity index (χ0) is 13.0. The van der Waals surface area contributed by atoms with Crippen LogP contribution in [-0.2, 0) is 0 Å². The highest BCUT2D eigenvalue weighted by Gasteiger charge is 2.20. The van der Waals surface area contributed by atoms with Crippen LogP contribution in [0.15, 0.2) is 12.1 Å². The van der Waals surface area contributed by atoms with Gasteiger partial charge in [0.1, 0.15) is 0 Å². The highest BCUT2D eigenvalue weighted by molar-refractivity contribution is 5.36. The number of piperidine rings is 1. The molecule has 1 fully saturated rings. The average Bonchev–Trinajstić information content (AvgIpc) is 2.39. The van der Waals surface area contributed by atoms with E-state index in [9.17, 15) is 0 Å². The highest BCUT2D eigenvalue weighted by Crippen LogP contribution is 2.24. The first kappa shape index (κ1) is 13.2. The number of likely N-dealkylation sites (tertiary alicyclic amines) is 1. The summed E-state index contributed by atoms with van der Waals surface area (Å²) in [5.74, 6) is 1.32. The molecule has 0 saturated carbocycles. The Labute approximate surface area is 108 Å². The molecule has 0 aromatic carbocycles. The molecule has 0 spiro atoms. The van der Waals surface area contributed by atoms with Gasteiger partial charge in [-0.15, -0.1) is 5.10 Å². The van der Waals surface area contributed by atoms with E-state index in [1.54, 1.807) is 0 Å². The van der Waals surface area contributed by atoms with Gasteiger partial charge in [0.25, 0.3) is 0 Å². The third kappa shape index (κ3) is 3.17. The zero-order valence-electron chi connectivity index (χ0n) is 11.2. The van der Waals surface area contributed by atoms with Gasteiger partial charge in [-0.2, -0.15) is 5.10 Å². The first-order valence-electron chi connectivity index (χ1n) is 6.55. The van der Waals surface area contributed by atoms with Crippen LogP contribution < -0.4 is 4.90 Å². The predicted octanol–water partition coefficient (Wildman–Crippen LogP) is 0.714. The van der Waals surface area contributed by atoms with Crippen LogP contribution in [0.4, 0.5) is 5.82 Å². The predicted molar refractivity (Wildman–Crippen MR) is 71.9 cm³/mol. The maximum atomic E-state index is 8.89. The van der Waals surface area contributed by atoms with Crippen molar-refractivity contribution in [3.05, 3.63) is 17.8 Å². The van der Waals surface area contributed by atoms with Crippen molar-refractivity contribution >= 4 is 5.82 Å². The van der Waals surface area contributed by atoms with Gasteiger partial charge in [-0.05, 0) is 38.6 Å². The number of anilines is 1. The number of aromatic nitrogens is 2. The second-order valence-electron chi connectivity index (χ2n) is 5.06. The number of hydrogen-bond donors (Lipinski definition) is 1. The highest BCUT2D eigenvalue weighted by atomic mass is 16.3. The van der Waals surface area contributed by atoms with E-state index in [0.717, 1.165) is 18.1 Å². The lowest BCUT2D eigenvalue weighted by Crippen LogP contribution is -2.31. The molecule has 2 heterocycles. The van der Waals surface area contributed by atoms with Crippen LogP contribution in [0.5, 0.6) is 0 Å². The largest absolute Gasteiger partial charge is 0.395 e. The molecule has 1 aromatic heterocycles.